The van der Waals surface area contributed by atoms with Crippen molar-refractivity contribution in [2.45, 2.75) is 106 Å². The van der Waals surface area contributed by atoms with E-state index in [0.29, 0.717) is 36.7 Å². The molecule has 0 aromatic heterocycles. The van der Waals surface area contributed by atoms with Crippen molar-refractivity contribution in [3.63, 3.8) is 0 Å². The molecule has 5 rings (SSSR count). The zero-order valence-electron chi connectivity index (χ0n) is 23.8. The van der Waals surface area contributed by atoms with Crippen LogP contribution in [0.4, 0.5) is 0 Å². The number of fused-ring (bicyclic) bond motifs is 7. The highest BCUT2D eigenvalue weighted by molar-refractivity contribution is 5.86. The van der Waals surface area contributed by atoms with Gasteiger partial charge in [-0.15, -0.1) is 0 Å². The molecule has 4 heteroatoms. The summed E-state index contributed by atoms with van der Waals surface area (Å²) in [7, 11) is 0. The zero-order chi connectivity index (χ0) is 26.3. The van der Waals surface area contributed by atoms with Crippen LogP contribution in [0.1, 0.15) is 106 Å². The summed E-state index contributed by atoms with van der Waals surface area (Å²) < 4.78 is 5.77. The molecule has 0 aromatic carbocycles. The number of Topliss-reactive ketones (excluding diaryl/α,β-unsaturated/α-hetero) is 1. The van der Waals surface area contributed by atoms with Crippen molar-refractivity contribution >= 4 is 11.8 Å². The SMILES string of the molecule is C=C(C)[C@@H]1CC[C@]2(C(=O)OCC)CC[C@]3(C)[C@H](CC[C@@H]4[C@@]5(C)CCC(=O)[C@@](C)(CO)[C@@H]5CC[C@]43C)[C@@H]12. The number of carbonyl (C=O) groups excluding carboxylic acids is 2. The average Bonchev–Trinajstić information content (AvgIpc) is 3.24. The molecule has 36 heavy (non-hydrogen) atoms. The average molecular weight is 499 g/mol. The molecule has 0 spiro atoms. The Labute approximate surface area is 219 Å². The lowest BCUT2D eigenvalue weighted by atomic mass is 9.32. The number of hydrogen-bond acceptors (Lipinski definition) is 4. The zero-order valence-corrected chi connectivity index (χ0v) is 23.8. The third-order valence-corrected chi connectivity index (χ3v) is 13.6. The summed E-state index contributed by atoms with van der Waals surface area (Å²) in [6.07, 6.45) is 10.0. The van der Waals surface area contributed by atoms with Crippen molar-refractivity contribution in [2.75, 3.05) is 13.2 Å². The van der Waals surface area contributed by atoms with E-state index in [2.05, 4.69) is 34.3 Å². The monoisotopic (exact) mass is 498 g/mol. The van der Waals surface area contributed by atoms with E-state index in [4.69, 9.17) is 4.74 Å². The fourth-order valence-electron chi connectivity index (χ4n) is 11.6. The van der Waals surface area contributed by atoms with E-state index in [1.54, 1.807) is 0 Å². The number of rotatable bonds is 4. The van der Waals surface area contributed by atoms with Crippen LogP contribution in [0, 0.1) is 56.7 Å². The number of aliphatic hydroxyl groups is 1. The molecule has 5 fully saturated rings. The van der Waals surface area contributed by atoms with E-state index in [-0.39, 0.29) is 45.9 Å². The summed E-state index contributed by atoms with van der Waals surface area (Å²) in [6.45, 7) is 18.6. The summed E-state index contributed by atoms with van der Waals surface area (Å²) in [4.78, 5) is 26.6. The van der Waals surface area contributed by atoms with Gasteiger partial charge in [-0.1, -0.05) is 39.8 Å². The van der Waals surface area contributed by atoms with Crippen LogP contribution in [-0.4, -0.2) is 30.1 Å². The maximum atomic E-state index is 13.6. The molecule has 0 heterocycles. The Morgan fingerprint density at radius 3 is 2.33 bits per heavy atom. The minimum Gasteiger partial charge on any atom is -0.466 e. The van der Waals surface area contributed by atoms with Gasteiger partial charge in [-0.3, -0.25) is 9.59 Å². The van der Waals surface area contributed by atoms with E-state index in [0.717, 1.165) is 57.8 Å². The first-order chi connectivity index (χ1) is 16.9. The van der Waals surface area contributed by atoms with Gasteiger partial charge in [-0.2, -0.15) is 0 Å². The Hall–Kier alpha value is -1.16. The number of carbonyl (C=O) groups is 2. The topological polar surface area (TPSA) is 63.6 Å². The summed E-state index contributed by atoms with van der Waals surface area (Å²) in [5.74, 6) is 2.34. The largest absolute Gasteiger partial charge is 0.466 e. The Kier molecular flexibility index (Phi) is 6.18. The van der Waals surface area contributed by atoms with E-state index in [1.165, 1.54) is 5.57 Å². The molecular formula is C32H50O4. The third kappa shape index (κ3) is 3.09. The van der Waals surface area contributed by atoms with Crippen molar-refractivity contribution in [1.29, 1.82) is 0 Å². The van der Waals surface area contributed by atoms with Gasteiger partial charge in [0.1, 0.15) is 5.78 Å². The van der Waals surface area contributed by atoms with Crippen molar-refractivity contribution in [1.82, 2.24) is 0 Å². The second-order valence-electron chi connectivity index (χ2n) is 14.6. The van der Waals surface area contributed by atoms with E-state index in [1.807, 2.05) is 13.8 Å². The predicted molar refractivity (Wildman–Crippen MR) is 142 cm³/mol. The van der Waals surface area contributed by atoms with Gasteiger partial charge >= 0.3 is 5.97 Å². The van der Waals surface area contributed by atoms with Gasteiger partial charge in [-0.05, 0) is 117 Å². The van der Waals surface area contributed by atoms with Crippen LogP contribution in [-0.2, 0) is 14.3 Å². The van der Waals surface area contributed by atoms with Crippen LogP contribution in [0.2, 0.25) is 0 Å². The first-order valence-corrected chi connectivity index (χ1v) is 14.8. The summed E-state index contributed by atoms with van der Waals surface area (Å²) in [5, 5.41) is 10.4. The molecule has 5 aliphatic rings. The van der Waals surface area contributed by atoms with Gasteiger partial charge in [0.2, 0.25) is 0 Å². The third-order valence-electron chi connectivity index (χ3n) is 13.6. The molecule has 10 atom stereocenters. The maximum Gasteiger partial charge on any atom is 0.312 e. The summed E-state index contributed by atoms with van der Waals surface area (Å²) in [5.41, 5.74) is 0.684. The van der Waals surface area contributed by atoms with Crippen molar-refractivity contribution < 1.29 is 19.4 Å². The molecule has 5 saturated carbocycles. The lowest BCUT2D eigenvalue weighted by molar-refractivity contribution is -0.239. The minimum absolute atomic E-state index is 0.0279. The normalized spacial score (nSPS) is 52.0. The molecule has 0 aromatic rings. The van der Waals surface area contributed by atoms with Gasteiger partial charge in [0.05, 0.1) is 24.0 Å². The molecule has 0 radical (unpaired) electrons. The van der Waals surface area contributed by atoms with Crippen LogP contribution >= 0.6 is 0 Å². The first-order valence-electron chi connectivity index (χ1n) is 14.8. The lowest BCUT2D eigenvalue weighted by Crippen LogP contribution is -2.67. The Morgan fingerprint density at radius 2 is 1.69 bits per heavy atom. The number of allylic oxidation sites excluding steroid dienone is 1. The molecule has 0 aliphatic heterocycles. The van der Waals surface area contributed by atoms with Crippen LogP contribution in [0.3, 0.4) is 0 Å². The fraction of sp³-hybridized carbons (Fsp3) is 0.875. The molecular weight excluding hydrogens is 448 g/mol. The van der Waals surface area contributed by atoms with E-state index >= 15 is 0 Å². The number of ether oxygens (including phenoxy) is 1. The number of esters is 1. The Morgan fingerprint density at radius 1 is 0.972 bits per heavy atom. The van der Waals surface area contributed by atoms with E-state index < -0.39 is 5.41 Å². The standard InChI is InChI=1S/C32H50O4/c1-8-36-27(35)32-16-11-21(20(2)3)26(32)22-9-10-24-28(4)14-13-25(34)29(5,19-33)23(28)12-15-31(24,7)30(22,6)17-18-32/h21-24,26,33H,2,8-19H2,1,3-7H3/t21-,22+,23+,24+,26+,28-,29-,30+,31+,32-/m0/s1. The highest BCUT2D eigenvalue weighted by Gasteiger charge is 2.72. The fourth-order valence-corrected chi connectivity index (χ4v) is 11.6. The van der Waals surface area contributed by atoms with Crippen molar-refractivity contribution in [3.8, 4) is 0 Å². The highest BCUT2D eigenvalue weighted by Crippen LogP contribution is 2.77. The lowest BCUT2D eigenvalue weighted by Gasteiger charge is -2.72. The van der Waals surface area contributed by atoms with Crippen LogP contribution in [0.15, 0.2) is 12.2 Å². The molecule has 1 N–H and O–H groups in total. The smallest absolute Gasteiger partial charge is 0.312 e. The molecule has 5 aliphatic carbocycles. The summed E-state index contributed by atoms with van der Waals surface area (Å²) in [6, 6.07) is 0. The van der Waals surface area contributed by atoms with Crippen LogP contribution < -0.4 is 0 Å². The molecule has 0 bridgehead atoms. The van der Waals surface area contributed by atoms with Gasteiger partial charge < -0.3 is 9.84 Å². The van der Waals surface area contributed by atoms with Gasteiger partial charge in [0, 0.05) is 6.42 Å². The van der Waals surface area contributed by atoms with Crippen molar-refractivity contribution in [2.24, 2.45) is 56.7 Å². The van der Waals surface area contributed by atoms with Crippen LogP contribution in [0.25, 0.3) is 0 Å². The quantitative estimate of drug-likeness (QED) is 0.344. The van der Waals surface area contributed by atoms with Gasteiger partial charge in [0.25, 0.3) is 0 Å². The molecule has 0 amide bonds. The number of aliphatic hydroxyl groups excluding tert-OH is 1. The predicted octanol–water partition coefficient (Wildman–Crippen LogP) is 6.75. The molecule has 0 unspecified atom stereocenters. The highest BCUT2D eigenvalue weighted by atomic mass is 16.5. The molecule has 0 saturated heterocycles. The van der Waals surface area contributed by atoms with Crippen LogP contribution in [0.5, 0.6) is 0 Å². The van der Waals surface area contributed by atoms with Crippen molar-refractivity contribution in [3.05, 3.63) is 12.2 Å². The second kappa shape index (κ2) is 8.42. The minimum atomic E-state index is -0.603. The number of ketones is 1. The van der Waals surface area contributed by atoms with Gasteiger partial charge in [-0.25, -0.2) is 0 Å². The first kappa shape index (κ1) is 26.4. The Balaban J connectivity index is 1.56. The maximum absolute atomic E-state index is 13.6. The second-order valence-corrected chi connectivity index (χ2v) is 14.6. The number of hydrogen-bond donors (Lipinski definition) is 1. The molecule has 202 valence electrons. The van der Waals surface area contributed by atoms with Gasteiger partial charge in [0.15, 0.2) is 0 Å². The molecule has 4 nitrogen and oxygen atoms in total. The van der Waals surface area contributed by atoms with E-state index in [9.17, 15) is 14.7 Å². The summed E-state index contributed by atoms with van der Waals surface area (Å²) >= 11 is 0. The Bertz CT molecular complexity index is 956.